The molecule has 2 aromatic carbocycles. The molecule has 1 amide bonds. The Bertz CT molecular complexity index is 725. The summed E-state index contributed by atoms with van der Waals surface area (Å²) in [7, 11) is 0. The van der Waals surface area contributed by atoms with Crippen molar-refractivity contribution in [2.75, 3.05) is 13.1 Å². The van der Waals surface area contributed by atoms with Gasteiger partial charge in [-0.05, 0) is 44.1 Å². The Morgan fingerprint density at radius 2 is 1.88 bits per heavy atom. The number of carbonyl (C=O) groups is 1. The van der Waals surface area contributed by atoms with Crippen LogP contribution < -0.4 is 15.4 Å². The van der Waals surface area contributed by atoms with Crippen LogP contribution in [0.1, 0.15) is 24.5 Å². The van der Waals surface area contributed by atoms with Crippen molar-refractivity contribution in [3.05, 3.63) is 64.9 Å². The Kier molecular flexibility index (Phi) is 7.69. The zero-order chi connectivity index (χ0) is 17.6. The first-order chi connectivity index (χ1) is 12.1. The van der Waals surface area contributed by atoms with E-state index in [1.54, 1.807) is 0 Å². The average Bonchev–Trinajstić information content (AvgIpc) is 2.62. The second kappa shape index (κ2) is 9.76. The van der Waals surface area contributed by atoms with Crippen LogP contribution in [-0.2, 0) is 4.79 Å². The number of halogens is 3. The maximum Gasteiger partial charge on any atom is 0.266 e. The van der Waals surface area contributed by atoms with Gasteiger partial charge in [-0.2, -0.15) is 0 Å². The summed E-state index contributed by atoms with van der Waals surface area (Å²) in [5.74, 6) is -0.399. The molecule has 1 aliphatic rings. The largest absolute Gasteiger partial charge is 0.474 e. The van der Waals surface area contributed by atoms with E-state index in [0.29, 0.717) is 5.56 Å². The van der Waals surface area contributed by atoms with Gasteiger partial charge in [0.2, 0.25) is 6.10 Å². The maximum absolute atomic E-state index is 13.3. The molecule has 1 aliphatic heterocycles. The smallest absolute Gasteiger partial charge is 0.266 e. The van der Waals surface area contributed by atoms with Crippen molar-refractivity contribution in [1.29, 1.82) is 0 Å². The maximum atomic E-state index is 13.3. The lowest BCUT2D eigenvalue weighted by atomic mass is 10.0. The quantitative estimate of drug-likeness (QED) is 0.802. The summed E-state index contributed by atoms with van der Waals surface area (Å²) in [6.45, 7) is 1.76. The number of rotatable bonds is 5. The van der Waals surface area contributed by atoms with Crippen LogP contribution in [-0.4, -0.2) is 25.0 Å². The number of nitrogens with one attached hydrogen (secondary N) is 2. The van der Waals surface area contributed by atoms with Gasteiger partial charge in [0.1, 0.15) is 11.6 Å². The molecule has 7 heteroatoms. The van der Waals surface area contributed by atoms with Crippen molar-refractivity contribution >= 4 is 29.9 Å². The number of amides is 1. The van der Waals surface area contributed by atoms with Gasteiger partial charge in [-0.1, -0.05) is 41.9 Å². The van der Waals surface area contributed by atoms with Crippen LogP contribution in [0, 0.1) is 5.82 Å². The molecule has 0 aliphatic carbocycles. The first-order valence-electron chi connectivity index (χ1n) is 8.31. The SMILES string of the molecule is Cl.O=C(NC1CCNCC1)C(Oc1ccc(F)cc1Cl)c1ccccc1. The summed E-state index contributed by atoms with van der Waals surface area (Å²) in [5.41, 5.74) is 0.717. The van der Waals surface area contributed by atoms with Crippen LogP contribution in [0.25, 0.3) is 0 Å². The molecule has 0 spiro atoms. The predicted molar refractivity (Wildman–Crippen MR) is 103 cm³/mol. The van der Waals surface area contributed by atoms with E-state index in [4.69, 9.17) is 16.3 Å². The van der Waals surface area contributed by atoms with E-state index in [2.05, 4.69) is 10.6 Å². The van der Waals surface area contributed by atoms with Gasteiger partial charge >= 0.3 is 0 Å². The highest BCUT2D eigenvalue weighted by Crippen LogP contribution is 2.30. The molecule has 2 N–H and O–H groups in total. The fourth-order valence-corrected chi connectivity index (χ4v) is 3.05. The van der Waals surface area contributed by atoms with Gasteiger partial charge in [0.05, 0.1) is 5.02 Å². The van der Waals surface area contributed by atoms with Crippen molar-refractivity contribution in [2.45, 2.75) is 25.0 Å². The van der Waals surface area contributed by atoms with Crippen molar-refractivity contribution in [3.63, 3.8) is 0 Å². The highest BCUT2D eigenvalue weighted by Gasteiger charge is 2.26. The fourth-order valence-electron chi connectivity index (χ4n) is 2.84. The lowest BCUT2D eigenvalue weighted by Gasteiger charge is -2.26. The molecule has 1 atom stereocenters. The molecule has 1 heterocycles. The van der Waals surface area contributed by atoms with Gasteiger partial charge < -0.3 is 15.4 Å². The number of piperidine rings is 1. The minimum Gasteiger partial charge on any atom is -0.474 e. The third kappa shape index (κ3) is 5.34. The first kappa shape index (κ1) is 20.5. The molecule has 0 aromatic heterocycles. The second-order valence-electron chi connectivity index (χ2n) is 6.02. The lowest BCUT2D eigenvalue weighted by molar-refractivity contribution is -0.129. The van der Waals surface area contributed by atoms with Gasteiger partial charge in [0.25, 0.3) is 5.91 Å². The molecule has 2 aromatic rings. The molecule has 4 nitrogen and oxygen atoms in total. The molecule has 1 unspecified atom stereocenters. The van der Waals surface area contributed by atoms with Gasteiger partial charge in [-0.15, -0.1) is 12.4 Å². The predicted octanol–water partition coefficient (Wildman–Crippen LogP) is 3.89. The van der Waals surface area contributed by atoms with Crippen LogP contribution in [0.2, 0.25) is 5.02 Å². The molecule has 1 saturated heterocycles. The minimum absolute atomic E-state index is 0. The monoisotopic (exact) mass is 398 g/mol. The van der Waals surface area contributed by atoms with E-state index in [-0.39, 0.29) is 35.1 Å². The lowest BCUT2D eigenvalue weighted by Crippen LogP contribution is -2.45. The van der Waals surface area contributed by atoms with Gasteiger partial charge in [0, 0.05) is 11.6 Å². The summed E-state index contributed by atoms with van der Waals surface area (Å²) >= 11 is 6.05. The number of benzene rings is 2. The molecule has 0 radical (unpaired) electrons. The van der Waals surface area contributed by atoms with E-state index in [9.17, 15) is 9.18 Å². The van der Waals surface area contributed by atoms with E-state index in [1.807, 2.05) is 30.3 Å². The van der Waals surface area contributed by atoms with Crippen molar-refractivity contribution in [3.8, 4) is 5.75 Å². The van der Waals surface area contributed by atoms with Gasteiger partial charge in [0.15, 0.2) is 0 Å². The standard InChI is InChI=1S/C19H20ClFN2O2.ClH/c20-16-12-14(21)6-7-17(16)25-18(13-4-2-1-3-5-13)19(24)23-15-8-10-22-11-9-15;/h1-7,12,15,18,22H,8-11H2,(H,23,24);1H. The molecular formula is C19H21Cl2FN2O2. The van der Waals surface area contributed by atoms with Crippen molar-refractivity contribution in [2.24, 2.45) is 0 Å². The summed E-state index contributed by atoms with van der Waals surface area (Å²) in [6, 6.07) is 13.2. The molecule has 1 fully saturated rings. The van der Waals surface area contributed by atoms with Crippen LogP contribution in [0.3, 0.4) is 0 Å². The van der Waals surface area contributed by atoms with Crippen molar-refractivity contribution < 1.29 is 13.9 Å². The Hall–Kier alpha value is -1.82. The summed E-state index contributed by atoms with van der Waals surface area (Å²) < 4.78 is 19.1. The number of carbonyl (C=O) groups excluding carboxylic acids is 1. The molecule has 26 heavy (non-hydrogen) atoms. The van der Waals surface area contributed by atoms with Gasteiger partial charge in [-0.3, -0.25) is 4.79 Å². The van der Waals surface area contributed by atoms with E-state index >= 15 is 0 Å². The fraction of sp³-hybridized carbons (Fsp3) is 0.316. The van der Waals surface area contributed by atoms with E-state index < -0.39 is 11.9 Å². The Morgan fingerprint density at radius 1 is 1.19 bits per heavy atom. The molecular weight excluding hydrogens is 378 g/mol. The molecule has 140 valence electrons. The normalized spacial score (nSPS) is 15.6. The van der Waals surface area contributed by atoms with Crippen molar-refractivity contribution in [1.82, 2.24) is 10.6 Å². The number of ether oxygens (including phenoxy) is 1. The van der Waals surface area contributed by atoms with Crippen LogP contribution >= 0.6 is 24.0 Å². The summed E-state index contributed by atoms with van der Waals surface area (Å²) in [6.07, 6.45) is 0.911. The Labute approximate surface area is 163 Å². The number of hydrogen-bond donors (Lipinski definition) is 2. The highest BCUT2D eigenvalue weighted by molar-refractivity contribution is 6.32. The summed E-state index contributed by atoms with van der Waals surface area (Å²) in [5, 5.41) is 6.45. The van der Waals surface area contributed by atoms with Crippen LogP contribution in [0.4, 0.5) is 4.39 Å². The molecule has 3 rings (SSSR count). The summed E-state index contributed by atoms with van der Waals surface area (Å²) in [4.78, 5) is 12.8. The highest BCUT2D eigenvalue weighted by atomic mass is 35.5. The third-order valence-electron chi connectivity index (χ3n) is 4.16. The zero-order valence-corrected chi connectivity index (χ0v) is 15.7. The first-order valence-corrected chi connectivity index (χ1v) is 8.69. The second-order valence-corrected chi connectivity index (χ2v) is 6.42. The van der Waals surface area contributed by atoms with E-state index in [1.165, 1.54) is 18.2 Å². The zero-order valence-electron chi connectivity index (χ0n) is 14.1. The number of hydrogen-bond acceptors (Lipinski definition) is 3. The Morgan fingerprint density at radius 3 is 2.54 bits per heavy atom. The Balaban J connectivity index is 0.00000243. The minimum atomic E-state index is -0.848. The molecule has 0 saturated carbocycles. The van der Waals surface area contributed by atoms with Crippen LogP contribution in [0.15, 0.2) is 48.5 Å². The van der Waals surface area contributed by atoms with Gasteiger partial charge in [-0.25, -0.2) is 4.39 Å². The third-order valence-corrected chi connectivity index (χ3v) is 4.46. The van der Waals surface area contributed by atoms with Crippen LogP contribution in [0.5, 0.6) is 5.75 Å². The topological polar surface area (TPSA) is 50.4 Å². The van der Waals surface area contributed by atoms with E-state index in [0.717, 1.165) is 25.9 Å². The average molecular weight is 399 g/mol. The molecule has 0 bridgehead atoms.